The number of fused-ring (bicyclic) bond motifs is 1. The molecule has 0 fully saturated rings. The lowest BCUT2D eigenvalue weighted by molar-refractivity contribution is -0.118. The van der Waals surface area contributed by atoms with E-state index in [-0.39, 0.29) is 18.0 Å². The monoisotopic (exact) mass is 252 g/mol. The predicted molar refractivity (Wildman–Crippen MR) is 77.7 cm³/mol. The van der Waals surface area contributed by atoms with Gasteiger partial charge in [-0.3, -0.25) is 9.79 Å². The largest absolute Gasteiger partial charge is 0.300 e. The topological polar surface area (TPSA) is 32.7 Å². The molecule has 96 valence electrons. The van der Waals surface area contributed by atoms with Crippen molar-refractivity contribution in [2.45, 2.75) is 18.9 Å². The van der Waals surface area contributed by atoms with Crippen LogP contribution in [0.4, 0.5) is 5.69 Å². The van der Waals surface area contributed by atoms with E-state index >= 15 is 0 Å². The van der Waals surface area contributed by atoms with E-state index in [4.69, 9.17) is 0 Å². The van der Waals surface area contributed by atoms with Crippen molar-refractivity contribution in [1.29, 1.82) is 0 Å². The predicted octanol–water partition coefficient (Wildman–Crippen LogP) is 2.73. The Bertz CT molecular complexity index is 601. The third kappa shape index (κ3) is 2.01. The maximum absolute atomic E-state index is 12.4. The molecule has 0 saturated heterocycles. The van der Waals surface area contributed by atoms with Crippen LogP contribution in [0, 0.1) is 0 Å². The number of aliphatic imine (C=N–C) groups is 1. The van der Waals surface area contributed by atoms with Crippen LogP contribution >= 0.6 is 0 Å². The van der Waals surface area contributed by atoms with Gasteiger partial charge in [0.15, 0.2) is 0 Å². The van der Waals surface area contributed by atoms with Crippen LogP contribution in [0.15, 0.2) is 53.6 Å². The summed E-state index contributed by atoms with van der Waals surface area (Å²) in [6.07, 6.45) is 10.8. The number of para-hydroxylation sites is 1. The van der Waals surface area contributed by atoms with E-state index in [1.807, 2.05) is 41.3 Å². The van der Waals surface area contributed by atoms with Crippen LogP contribution in [-0.2, 0) is 4.79 Å². The van der Waals surface area contributed by atoms with Crippen LogP contribution < -0.4 is 4.90 Å². The van der Waals surface area contributed by atoms with E-state index in [1.165, 1.54) is 0 Å². The zero-order valence-corrected chi connectivity index (χ0v) is 10.9. The molecule has 2 aliphatic rings. The van der Waals surface area contributed by atoms with Gasteiger partial charge in [0.1, 0.15) is 6.54 Å². The second-order valence-corrected chi connectivity index (χ2v) is 5.11. The van der Waals surface area contributed by atoms with Gasteiger partial charge in [-0.1, -0.05) is 42.5 Å². The molecular formula is C16H16N2O. The van der Waals surface area contributed by atoms with Crippen molar-refractivity contribution in [1.82, 2.24) is 0 Å². The van der Waals surface area contributed by atoms with Gasteiger partial charge in [0.05, 0.1) is 11.2 Å². The smallest absolute Gasteiger partial charge is 0.249 e. The van der Waals surface area contributed by atoms with Crippen LogP contribution in [0.25, 0.3) is 0 Å². The van der Waals surface area contributed by atoms with E-state index in [9.17, 15) is 4.79 Å². The average Bonchev–Trinajstić information content (AvgIpc) is 2.58. The number of benzodiazepines with no additional fused rings is 1. The van der Waals surface area contributed by atoms with Crippen LogP contribution in [-0.4, -0.2) is 24.2 Å². The van der Waals surface area contributed by atoms with Crippen molar-refractivity contribution in [2.24, 2.45) is 4.99 Å². The maximum atomic E-state index is 12.4. The molecule has 0 bridgehead atoms. The van der Waals surface area contributed by atoms with Gasteiger partial charge in [-0.2, -0.15) is 0 Å². The van der Waals surface area contributed by atoms with Crippen molar-refractivity contribution in [3.63, 3.8) is 0 Å². The van der Waals surface area contributed by atoms with Crippen molar-refractivity contribution in [3.8, 4) is 0 Å². The number of amides is 1. The summed E-state index contributed by atoms with van der Waals surface area (Å²) in [7, 11) is 0. The van der Waals surface area contributed by atoms with Crippen molar-refractivity contribution in [3.05, 3.63) is 54.1 Å². The molecule has 0 radical (unpaired) electrons. The van der Waals surface area contributed by atoms with Crippen LogP contribution in [0.1, 0.15) is 18.9 Å². The molecule has 0 saturated carbocycles. The lowest BCUT2D eigenvalue weighted by Gasteiger charge is -2.39. The number of nitrogens with zero attached hydrogens (tertiary/aromatic N) is 2. The minimum Gasteiger partial charge on any atom is -0.300 e. The van der Waals surface area contributed by atoms with Crippen LogP contribution in [0.3, 0.4) is 0 Å². The van der Waals surface area contributed by atoms with Crippen LogP contribution in [0.5, 0.6) is 0 Å². The Morgan fingerprint density at radius 1 is 1.26 bits per heavy atom. The van der Waals surface area contributed by atoms with Gasteiger partial charge in [-0.25, -0.2) is 0 Å². The highest BCUT2D eigenvalue weighted by atomic mass is 16.2. The zero-order valence-electron chi connectivity index (χ0n) is 10.9. The third-order valence-electron chi connectivity index (χ3n) is 3.63. The average molecular weight is 252 g/mol. The summed E-state index contributed by atoms with van der Waals surface area (Å²) in [5.41, 5.74) is 1.63. The van der Waals surface area contributed by atoms with Crippen LogP contribution in [0.2, 0.25) is 0 Å². The minimum absolute atomic E-state index is 0.0450. The summed E-state index contributed by atoms with van der Waals surface area (Å²) in [5, 5.41) is 0. The molecule has 1 atom stereocenters. The fourth-order valence-electron chi connectivity index (χ4n) is 2.67. The normalized spacial score (nSPS) is 25.3. The quantitative estimate of drug-likeness (QED) is 0.756. The molecule has 1 aliphatic heterocycles. The fraction of sp³-hybridized carbons (Fsp3) is 0.250. The molecule has 1 unspecified atom stereocenters. The van der Waals surface area contributed by atoms with E-state index in [1.54, 1.807) is 6.21 Å². The highest BCUT2D eigenvalue weighted by Crippen LogP contribution is 2.33. The SMILES string of the molecule is CC1(N2C(=O)CN=Cc3ccccc32)C=CC=CC1. The van der Waals surface area contributed by atoms with Crippen molar-refractivity contribution >= 4 is 17.8 Å². The Hall–Kier alpha value is -2.16. The van der Waals surface area contributed by atoms with E-state index in [0.29, 0.717) is 0 Å². The molecule has 19 heavy (non-hydrogen) atoms. The first kappa shape index (κ1) is 11.9. The number of carbonyl (C=O) groups is 1. The highest BCUT2D eigenvalue weighted by Gasteiger charge is 2.35. The second-order valence-electron chi connectivity index (χ2n) is 5.11. The summed E-state index contributed by atoms with van der Waals surface area (Å²) in [6, 6.07) is 7.92. The maximum Gasteiger partial charge on any atom is 0.249 e. The Labute approximate surface area is 113 Å². The summed E-state index contributed by atoms with van der Waals surface area (Å²) in [5.74, 6) is 0.0450. The number of hydrogen-bond acceptors (Lipinski definition) is 2. The second kappa shape index (κ2) is 4.50. The fourth-order valence-corrected chi connectivity index (χ4v) is 2.67. The first-order valence-corrected chi connectivity index (χ1v) is 6.47. The van der Waals surface area contributed by atoms with Gasteiger partial charge in [0.25, 0.3) is 0 Å². The van der Waals surface area contributed by atoms with Gasteiger partial charge in [0.2, 0.25) is 5.91 Å². The molecule has 0 spiro atoms. The van der Waals surface area contributed by atoms with Crippen molar-refractivity contribution < 1.29 is 4.79 Å². The van der Waals surface area contributed by atoms with Gasteiger partial charge in [0, 0.05) is 11.8 Å². The van der Waals surface area contributed by atoms with E-state index < -0.39 is 0 Å². The number of carbonyl (C=O) groups excluding carboxylic acids is 1. The molecular weight excluding hydrogens is 236 g/mol. The number of rotatable bonds is 1. The van der Waals surface area contributed by atoms with Gasteiger partial charge in [-0.15, -0.1) is 0 Å². The molecule has 3 heteroatoms. The number of benzene rings is 1. The zero-order chi connectivity index (χ0) is 13.3. The number of anilines is 1. The van der Waals surface area contributed by atoms with E-state index in [2.05, 4.69) is 24.1 Å². The summed E-state index contributed by atoms with van der Waals surface area (Å²) in [6.45, 7) is 2.30. The summed E-state index contributed by atoms with van der Waals surface area (Å²) >= 11 is 0. The lowest BCUT2D eigenvalue weighted by atomic mass is 9.90. The lowest BCUT2D eigenvalue weighted by Crippen LogP contribution is -2.50. The van der Waals surface area contributed by atoms with Gasteiger partial charge >= 0.3 is 0 Å². The third-order valence-corrected chi connectivity index (χ3v) is 3.63. The molecule has 1 aromatic rings. The first-order chi connectivity index (χ1) is 9.21. The Morgan fingerprint density at radius 2 is 2.11 bits per heavy atom. The van der Waals surface area contributed by atoms with Gasteiger partial charge < -0.3 is 4.90 Å². The number of allylic oxidation sites excluding steroid dienone is 2. The molecule has 1 aliphatic carbocycles. The van der Waals surface area contributed by atoms with Crippen molar-refractivity contribution in [2.75, 3.05) is 11.4 Å². The Kier molecular flexibility index (Phi) is 2.82. The Morgan fingerprint density at radius 3 is 2.89 bits per heavy atom. The standard InChI is InChI=1S/C16H16N2O/c1-16(9-5-2-6-10-16)18-14-8-4-3-7-13(14)11-17-12-15(18)19/h2-9,11H,10,12H2,1H3. The highest BCUT2D eigenvalue weighted by molar-refractivity contribution is 6.04. The number of hydrogen-bond donors (Lipinski definition) is 0. The Balaban J connectivity index is 2.12. The minimum atomic E-state index is -0.310. The first-order valence-electron chi connectivity index (χ1n) is 6.47. The molecule has 1 aromatic carbocycles. The van der Waals surface area contributed by atoms with E-state index in [0.717, 1.165) is 17.7 Å². The molecule has 1 amide bonds. The molecule has 0 N–H and O–H groups in total. The molecule has 0 aromatic heterocycles. The summed E-state index contributed by atoms with van der Waals surface area (Å²) in [4.78, 5) is 18.5. The molecule has 3 nitrogen and oxygen atoms in total. The molecule has 1 heterocycles. The van der Waals surface area contributed by atoms with Gasteiger partial charge in [-0.05, 0) is 19.4 Å². The summed E-state index contributed by atoms with van der Waals surface area (Å²) < 4.78 is 0. The molecule has 3 rings (SSSR count).